The molecule has 68 valence electrons. The third kappa shape index (κ3) is 1.49. The first-order valence-corrected chi connectivity index (χ1v) is 4.62. The summed E-state index contributed by atoms with van der Waals surface area (Å²) in [5.74, 6) is 0.641. The molecule has 1 atom stereocenters. The van der Waals surface area contributed by atoms with Crippen molar-refractivity contribution < 1.29 is 4.79 Å². The molecular weight excluding hydrogens is 162 g/mol. The van der Waals surface area contributed by atoms with E-state index in [1.807, 2.05) is 24.3 Å². The van der Waals surface area contributed by atoms with Gasteiger partial charge in [-0.05, 0) is 11.5 Å². The molecule has 0 aromatic heterocycles. The van der Waals surface area contributed by atoms with Crippen molar-refractivity contribution in [2.45, 2.75) is 12.8 Å². The fraction of sp³-hybridized carbons (Fsp3) is 0.364. The van der Waals surface area contributed by atoms with E-state index in [4.69, 9.17) is 0 Å². The molecule has 1 aromatic carbocycles. The van der Waals surface area contributed by atoms with Gasteiger partial charge < -0.3 is 5.32 Å². The topological polar surface area (TPSA) is 29.1 Å². The van der Waals surface area contributed by atoms with Crippen LogP contribution < -0.4 is 5.32 Å². The Morgan fingerprint density at radius 3 is 3.00 bits per heavy atom. The molecule has 1 unspecified atom stereocenters. The van der Waals surface area contributed by atoms with E-state index in [0.717, 1.165) is 12.1 Å². The number of hydrogen-bond donors (Lipinski definition) is 1. The van der Waals surface area contributed by atoms with Gasteiger partial charge in [-0.25, -0.2) is 0 Å². The number of rotatable bonds is 0. The molecule has 0 spiro atoms. The lowest BCUT2D eigenvalue weighted by molar-refractivity contribution is 0.0994. The molecule has 1 aromatic rings. The van der Waals surface area contributed by atoms with Crippen LogP contribution in [0.4, 0.5) is 0 Å². The Kier molecular flexibility index (Phi) is 2.15. The fourth-order valence-electron chi connectivity index (χ4n) is 1.79. The summed E-state index contributed by atoms with van der Waals surface area (Å²) in [5.41, 5.74) is 2.07. The molecule has 0 bridgehead atoms. The minimum absolute atomic E-state index is 0.208. The first kappa shape index (κ1) is 8.45. The number of benzene rings is 1. The number of ketones is 1. The zero-order chi connectivity index (χ0) is 9.26. The Morgan fingerprint density at radius 1 is 1.38 bits per heavy atom. The van der Waals surface area contributed by atoms with Crippen molar-refractivity contribution in [3.05, 3.63) is 35.4 Å². The van der Waals surface area contributed by atoms with Crippen molar-refractivity contribution in [2.24, 2.45) is 0 Å². The van der Waals surface area contributed by atoms with Crippen LogP contribution in [-0.4, -0.2) is 18.9 Å². The highest BCUT2D eigenvalue weighted by molar-refractivity contribution is 5.99. The fourth-order valence-corrected chi connectivity index (χ4v) is 1.79. The highest BCUT2D eigenvalue weighted by Gasteiger charge is 2.18. The van der Waals surface area contributed by atoms with Crippen molar-refractivity contribution >= 4 is 5.78 Å². The molecule has 0 saturated carbocycles. The van der Waals surface area contributed by atoms with Crippen molar-refractivity contribution in [3.8, 4) is 0 Å². The van der Waals surface area contributed by atoms with Crippen LogP contribution in [0.5, 0.6) is 0 Å². The lowest BCUT2D eigenvalue weighted by Gasteiger charge is -2.10. The largest absolute Gasteiger partial charge is 0.309 e. The van der Waals surface area contributed by atoms with Crippen LogP contribution in [0.15, 0.2) is 24.3 Å². The first-order chi connectivity index (χ1) is 6.29. The van der Waals surface area contributed by atoms with Crippen molar-refractivity contribution in [1.82, 2.24) is 5.32 Å². The second-order valence-corrected chi connectivity index (χ2v) is 3.54. The van der Waals surface area contributed by atoms with Gasteiger partial charge in [0.1, 0.15) is 0 Å². The maximum absolute atomic E-state index is 11.6. The summed E-state index contributed by atoms with van der Waals surface area (Å²) in [6, 6.07) is 7.88. The predicted octanol–water partition coefficient (Wildman–Crippen LogP) is 1.58. The standard InChI is InChI=1S/C11H13NO/c1-8-6-12-7-11(13)10-5-3-2-4-9(8)10/h2-5,8,12H,6-7H2,1H3. The van der Waals surface area contributed by atoms with Crippen LogP contribution in [0.1, 0.15) is 28.8 Å². The van der Waals surface area contributed by atoms with Crippen molar-refractivity contribution in [2.75, 3.05) is 13.1 Å². The third-order valence-electron chi connectivity index (χ3n) is 2.53. The average Bonchev–Trinajstić information content (AvgIpc) is 2.29. The van der Waals surface area contributed by atoms with Gasteiger partial charge in [0.2, 0.25) is 0 Å². The molecule has 0 aliphatic carbocycles. The number of hydrogen-bond acceptors (Lipinski definition) is 2. The Bertz CT molecular complexity index is 333. The molecule has 1 aliphatic heterocycles. The molecule has 1 N–H and O–H groups in total. The number of carbonyl (C=O) groups excluding carboxylic acids is 1. The lowest BCUT2D eigenvalue weighted by Crippen LogP contribution is -2.22. The van der Waals surface area contributed by atoms with E-state index in [0.29, 0.717) is 12.5 Å². The summed E-state index contributed by atoms with van der Waals surface area (Å²) in [7, 11) is 0. The van der Waals surface area contributed by atoms with Gasteiger partial charge in [0.05, 0.1) is 6.54 Å². The van der Waals surface area contributed by atoms with E-state index >= 15 is 0 Å². The SMILES string of the molecule is CC1CNCC(=O)c2ccccc21. The van der Waals surface area contributed by atoms with E-state index in [1.165, 1.54) is 5.56 Å². The van der Waals surface area contributed by atoms with Gasteiger partial charge >= 0.3 is 0 Å². The molecule has 0 amide bonds. The summed E-state index contributed by atoms with van der Waals surface area (Å²) in [4.78, 5) is 11.6. The minimum atomic E-state index is 0.208. The summed E-state index contributed by atoms with van der Waals surface area (Å²) >= 11 is 0. The van der Waals surface area contributed by atoms with E-state index in [9.17, 15) is 4.79 Å². The van der Waals surface area contributed by atoms with Gasteiger partial charge in [-0.15, -0.1) is 0 Å². The summed E-state index contributed by atoms with van der Waals surface area (Å²) in [6.45, 7) is 3.51. The summed E-state index contributed by atoms with van der Waals surface area (Å²) in [5, 5.41) is 3.14. The summed E-state index contributed by atoms with van der Waals surface area (Å²) < 4.78 is 0. The molecule has 2 heteroatoms. The number of Topliss-reactive ketones (excluding diaryl/α,β-unsaturated/α-hetero) is 1. The molecule has 0 radical (unpaired) electrons. The quantitative estimate of drug-likeness (QED) is 0.648. The third-order valence-corrected chi connectivity index (χ3v) is 2.53. The minimum Gasteiger partial charge on any atom is -0.309 e. The van der Waals surface area contributed by atoms with Gasteiger partial charge in [0, 0.05) is 12.1 Å². The van der Waals surface area contributed by atoms with Gasteiger partial charge in [0.15, 0.2) is 5.78 Å². The van der Waals surface area contributed by atoms with E-state index in [-0.39, 0.29) is 5.78 Å². The van der Waals surface area contributed by atoms with Crippen molar-refractivity contribution in [1.29, 1.82) is 0 Å². The van der Waals surface area contributed by atoms with Crippen molar-refractivity contribution in [3.63, 3.8) is 0 Å². The lowest BCUT2D eigenvalue weighted by atomic mass is 9.95. The second-order valence-electron chi connectivity index (χ2n) is 3.54. The Hall–Kier alpha value is -1.15. The molecule has 0 saturated heterocycles. The average molecular weight is 175 g/mol. The normalized spacial score (nSPS) is 22.2. The molecule has 2 nitrogen and oxygen atoms in total. The van der Waals surface area contributed by atoms with Gasteiger partial charge in [-0.2, -0.15) is 0 Å². The Morgan fingerprint density at radius 2 is 2.15 bits per heavy atom. The number of nitrogens with one attached hydrogen (secondary N) is 1. The number of carbonyl (C=O) groups is 1. The highest BCUT2D eigenvalue weighted by atomic mass is 16.1. The number of fused-ring (bicyclic) bond motifs is 1. The highest BCUT2D eigenvalue weighted by Crippen LogP contribution is 2.21. The van der Waals surface area contributed by atoms with Crippen LogP contribution >= 0.6 is 0 Å². The summed E-state index contributed by atoms with van der Waals surface area (Å²) in [6.07, 6.45) is 0. The predicted molar refractivity (Wildman–Crippen MR) is 52.1 cm³/mol. The van der Waals surface area contributed by atoms with Gasteiger partial charge in [-0.1, -0.05) is 31.2 Å². The molecule has 2 rings (SSSR count). The Balaban J connectivity index is 2.51. The monoisotopic (exact) mass is 175 g/mol. The molecule has 1 heterocycles. The maximum Gasteiger partial charge on any atom is 0.176 e. The molecule has 1 aliphatic rings. The Labute approximate surface area is 78.0 Å². The van der Waals surface area contributed by atoms with Crippen LogP contribution in [-0.2, 0) is 0 Å². The molecule has 0 fully saturated rings. The van der Waals surface area contributed by atoms with E-state index in [2.05, 4.69) is 12.2 Å². The van der Waals surface area contributed by atoms with Crippen LogP contribution in [0.25, 0.3) is 0 Å². The maximum atomic E-state index is 11.6. The zero-order valence-corrected chi connectivity index (χ0v) is 7.71. The van der Waals surface area contributed by atoms with Crippen LogP contribution in [0.2, 0.25) is 0 Å². The van der Waals surface area contributed by atoms with Gasteiger partial charge in [-0.3, -0.25) is 4.79 Å². The zero-order valence-electron chi connectivity index (χ0n) is 7.71. The van der Waals surface area contributed by atoms with E-state index in [1.54, 1.807) is 0 Å². The van der Waals surface area contributed by atoms with Gasteiger partial charge in [0.25, 0.3) is 0 Å². The first-order valence-electron chi connectivity index (χ1n) is 4.62. The smallest absolute Gasteiger partial charge is 0.176 e. The molecule has 13 heavy (non-hydrogen) atoms. The van der Waals surface area contributed by atoms with Crippen LogP contribution in [0.3, 0.4) is 0 Å². The second kappa shape index (κ2) is 3.30. The molecular formula is C11H13NO. The van der Waals surface area contributed by atoms with E-state index < -0.39 is 0 Å². The van der Waals surface area contributed by atoms with Crippen LogP contribution in [0, 0.1) is 0 Å².